The maximum absolute atomic E-state index is 6.00. The zero-order valence-electron chi connectivity index (χ0n) is 7.46. The maximum atomic E-state index is 6.00. The number of nitrogens with zero attached hydrogens (tertiary/aromatic N) is 1. The van der Waals surface area contributed by atoms with Crippen LogP contribution >= 0.6 is 22.9 Å². The van der Waals surface area contributed by atoms with Crippen LogP contribution in [0.4, 0.5) is 5.82 Å². The van der Waals surface area contributed by atoms with E-state index in [-0.39, 0.29) is 0 Å². The van der Waals surface area contributed by atoms with Crippen molar-refractivity contribution in [2.45, 2.75) is 0 Å². The Morgan fingerprint density at radius 3 is 3.21 bits per heavy atom. The van der Waals surface area contributed by atoms with Crippen LogP contribution in [0, 0.1) is 0 Å². The van der Waals surface area contributed by atoms with Gasteiger partial charge in [-0.05, 0) is 11.4 Å². The monoisotopic (exact) mass is 227 g/mol. The third-order valence-corrected chi connectivity index (χ3v) is 3.23. The van der Waals surface area contributed by atoms with Gasteiger partial charge in [0.1, 0.15) is 5.82 Å². The Kier molecular flexibility index (Phi) is 2.86. The van der Waals surface area contributed by atoms with Crippen LogP contribution in [0.5, 0.6) is 0 Å². The summed E-state index contributed by atoms with van der Waals surface area (Å²) < 4.78 is 1.07. The number of halogens is 1. The van der Waals surface area contributed by atoms with Gasteiger partial charge >= 0.3 is 0 Å². The molecule has 0 unspecified atom stereocenters. The summed E-state index contributed by atoms with van der Waals surface area (Å²) in [5.74, 6) is 0.858. The highest BCUT2D eigenvalue weighted by molar-refractivity contribution is 7.18. The number of aromatic nitrogens is 1. The molecule has 2 heterocycles. The van der Waals surface area contributed by atoms with E-state index in [0.717, 1.165) is 22.4 Å². The van der Waals surface area contributed by atoms with Gasteiger partial charge in [-0.15, -0.1) is 11.3 Å². The fraction of sp³-hybridized carbons (Fsp3) is 0.222. The van der Waals surface area contributed by atoms with Crippen LogP contribution in [0.15, 0.2) is 17.6 Å². The van der Waals surface area contributed by atoms with E-state index < -0.39 is 0 Å². The van der Waals surface area contributed by atoms with Crippen molar-refractivity contribution in [1.82, 2.24) is 4.98 Å². The van der Waals surface area contributed by atoms with E-state index in [4.69, 9.17) is 17.3 Å². The fourth-order valence-electron chi connectivity index (χ4n) is 1.26. The Balaban J connectivity index is 2.45. The molecule has 74 valence electrons. The van der Waals surface area contributed by atoms with Gasteiger partial charge in [-0.3, -0.25) is 0 Å². The van der Waals surface area contributed by atoms with Gasteiger partial charge in [-0.2, -0.15) is 0 Å². The second-order valence-electron chi connectivity index (χ2n) is 2.83. The summed E-state index contributed by atoms with van der Waals surface area (Å²) in [6.45, 7) is 1.31. The van der Waals surface area contributed by atoms with Crippen molar-refractivity contribution >= 4 is 38.8 Å². The molecule has 0 spiro atoms. The maximum Gasteiger partial charge on any atom is 0.134 e. The lowest BCUT2D eigenvalue weighted by atomic mass is 10.3. The second kappa shape index (κ2) is 4.13. The quantitative estimate of drug-likeness (QED) is 0.846. The standard InChI is InChI=1S/C9H10ClN3S/c10-7-5-13-9(12-3-2-11)6-1-4-14-8(6)7/h1,4-5H,2-3,11H2,(H,12,13). The molecule has 5 heteroatoms. The van der Waals surface area contributed by atoms with Crippen molar-refractivity contribution in [1.29, 1.82) is 0 Å². The van der Waals surface area contributed by atoms with Crippen LogP contribution in [-0.4, -0.2) is 18.1 Å². The average molecular weight is 228 g/mol. The highest BCUT2D eigenvalue weighted by Crippen LogP contribution is 2.31. The summed E-state index contributed by atoms with van der Waals surface area (Å²) in [7, 11) is 0. The second-order valence-corrected chi connectivity index (χ2v) is 4.16. The summed E-state index contributed by atoms with van der Waals surface area (Å²) in [6, 6.07) is 2.01. The minimum atomic E-state index is 0.593. The molecule has 2 rings (SSSR count). The number of nitrogens with two attached hydrogens (primary N) is 1. The first-order chi connectivity index (χ1) is 6.83. The smallest absolute Gasteiger partial charge is 0.134 e. The highest BCUT2D eigenvalue weighted by Gasteiger charge is 2.06. The van der Waals surface area contributed by atoms with E-state index in [1.807, 2.05) is 11.4 Å². The molecule has 2 aromatic heterocycles. The number of fused-ring (bicyclic) bond motifs is 1. The molecule has 0 fully saturated rings. The van der Waals surface area contributed by atoms with Gasteiger partial charge in [0.2, 0.25) is 0 Å². The van der Waals surface area contributed by atoms with Crippen LogP contribution in [0.1, 0.15) is 0 Å². The van der Waals surface area contributed by atoms with E-state index in [2.05, 4.69) is 10.3 Å². The molecule has 2 aromatic rings. The third kappa shape index (κ3) is 1.68. The molecule has 3 N–H and O–H groups in total. The van der Waals surface area contributed by atoms with E-state index in [1.54, 1.807) is 17.5 Å². The molecule has 0 atom stereocenters. The van der Waals surface area contributed by atoms with Crippen molar-refractivity contribution in [3.05, 3.63) is 22.7 Å². The summed E-state index contributed by atoms with van der Waals surface area (Å²) in [5, 5.41) is 6.94. The Bertz CT molecular complexity index is 441. The molecule has 0 amide bonds. The average Bonchev–Trinajstić information content (AvgIpc) is 2.66. The molecule has 0 aliphatic heterocycles. The summed E-state index contributed by atoms with van der Waals surface area (Å²) in [6.07, 6.45) is 1.67. The van der Waals surface area contributed by atoms with Crippen LogP contribution in [0.3, 0.4) is 0 Å². The molecule has 0 bridgehead atoms. The number of anilines is 1. The summed E-state index contributed by atoms with van der Waals surface area (Å²) in [5.41, 5.74) is 5.41. The van der Waals surface area contributed by atoms with Crippen molar-refractivity contribution in [3.8, 4) is 0 Å². The van der Waals surface area contributed by atoms with Gasteiger partial charge in [-0.1, -0.05) is 11.6 Å². The molecule has 0 saturated heterocycles. The number of thiophene rings is 1. The third-order valence-electron chi connectivity index (χ3n) is 1.88. The largest absolute Gasteiger partial charge is 0.368 e. The Morgan fingerprint density at radius 1 is 1.57 bits per heavy atom. The normalized spacial score (nSPS) is 10.7. The lowest BCUT2D eigenvalue weighted by Crippen LogP contribution is -2.13. The zero-order valence-corrected chi connectivity index (χ0v) is 9.03. The van der Waals surface area contributed by atoms with Crippen LogP contribution < -0.4 is 11.1 Å². The van der Waals surface area contributed by atoms with Gasteiger partial charge < -0.3 is 11.1 Å². The molecule has 0 radical (unpaired) electrons. The first kappa shape index (κ1) is 9.71. The molecule has 0 aromatic carbocycles. The van der Waals surface area contributed by atoms with Gasteiger partial charge in [0.25, 0.3) is 0 Å². The van der Waals surface area contributed by atoms with Gasteiger partial charge in [0, 0.05) is 24.7 Å². The molecular weight excluding hydrogens is 218 g/mol. The Morgan fingerprint density at radius 2 is 2.43 bits per heavy atom. The topological polar surface area (TPSA) is 50.9 Å². The molecular formula is C9H10ClN3S. The number of hydrogen-bond acceptors (Lipinski definition) is 4. The number of rotatable bonds is 3. The van der Waals surface area contributed by atoms with Crippen molar-refractivity contribution < 1.29 is 0 Å². The zero-order chi connectivity index (χ0) is 9.97. The number of hydrogen-bond donors (Lipinski definition) is 2. The summed E-state index contributed by atoms with van der Waals surface area (Å²) >= 11 is 7.62. The van der Waals surface area contributed by atoms with E-state index >= 15 is 0 Å². The van der Waals surface area contributed by atoms with E-state index in [9.17, 15) is 0 Å². The minimum Gasteiger partial charge on any atom is -0.368 e. The summed E-state index contributed by atoms with van der Waals surface area (Å²) in [4.78, 5) is 4.22. The van der Waals surface area contributed by atoms with Crippen LogP contribution in [-0.2, 0) is 0 Å². The molecule has 3 nitrogen and oxygen atoms in total. The highest BCUT2D eigenvalue weighted by atomic mass is 35.5. The first-order valence-electron chi connectivity index (χ1n) is 4.28. The van der Waals surface area contributed by atoms with Crippen molar-refractivity contribution in [3.63, 3.8) is 0 Å². The molecule has 0 saturated carbocycles. The van der Waals surface area contributed by atoms with Crippen molar-refractivity contribution in [2.24, 2.45) is 5.73 Å². The SMILES string of the molecule is NCCNc1ncc(Cl)c2sccc12. The van der Waals surface area contributed by atoms with Crippen LogP contribution in [0.25, 0.3) is 10.1 Å². The Hall–Kier alpha value is -0.840. The van der Waals surface area contributed by atoms with E-state index in [1.165, 1.54) is 0 Å². The lowest BCUT2D eigenvalue weighted by molar-refractivity contribution is 1.02. The minimum absolute atomic E-state index is 0.593. The first-order valence-corrected chi connectivity index (χ1v) is 5.54. The number of nitrogens with one attached hydrogen (secondary N) is 1. The Labute approximate surface area is 90.9 Å². The van der Waals surface area contributed by atoms with Crippen molar-refractivity contribution in [2.75, 3.05) is 18.4 Å². The predicted molar refractivity (Wildman–Crippen MR) is 62.2 cm³/mol. The van der Waals surface area contributed by atoms with E-state index in [0.29, 0.717) is 11.6 Å². The molecule has 0 aliphatic rings. The van der Waals surface area contributed by atoms with Crippen LogP contribution in [0.2, 0.25) is 5.02 Å². The van der Waals surface area contributed by atoms with Gasteiger partial charge in [0.15, 0.2) is 0 Å². The fourth-order valence-corrected chi connectivity index (χ4v) is 2.34. The van der Waals surface area contributed by atoms with Gasteiger partial charge in [-0.25, -0.2) is 4.98 Å². The molecule has 0 aliphatic carbocycles. The van der Waals surface area contributed by atoms with Gasteiger partial charge in [0.05, 0.1) is 9.72 Å². The lowest BCUT2D eigenvalue weighted by Gasteiger charge is -2.05. The number of pyridine rings is 1. The molecule has 14 heavy (non-hydrogen) atoms. The predicted octanol–water partition coefficient (Wildman–Crippen LogP) is 2.32.